The van der Waals surface area contributed by atoms with Gasteiger partial charge >= 0.3 is 0 Å². The number of nitrogens with zero attached hydrogens (tertiary/aromatic N) is 6. The predicted molar refractivity (Wildman–Crippen MR) is 142 cm³/mol. The first-order chi connectivity index (χ1) is 19.0. The molecule has 0 aliphatic carbocycles. The number of halogens is 1. The normalized spacial score (nSPS) is 11.5. The van der Waals surface area contributed by atoms with E-state index >= 15 is 0 Å². The molecular formula is C27H22FN7O3S. The van der Waals surface area contributed by atoms with Crippen LogP contribution in [0.25, 0.3) is 5.69 Å². The summed E-state index contributed by atoms with van der Waals surface area (Å²) in [6.07, 6.45) is 2.94. The van der Waals surface area contributed by atoms with Gasteiger partial charge in [0, 0.05) is 29.4 Å². The molecule has 10 nitrogen and oxygen atoms in total. The number of carbonyl (C=O) groups is 2. The average Bonchev–Trinajstić information content (AvgIpc) is 3.70. The summed E-state index contributed by atoms with van der Waals surface area (Å²) in [7, 11) is 1.49. The van der Waals surface area contributed by atoms with Crippen LogP contribution in [0, 0.1) is 5.82 Å². The largest absolute Gasteiger partial charge is 0.494 e. The Hall–Kier alpha value is -4.97. The highest BCUT2D eigenvalue weighted by Crippen LogP contribution is 2.35. The molecule has 0 aliphatic rings. The summed E-state index contributed by atoms with van der Waals surface area (Å²) in [4.78, 5) is 34.0. The van der Waals surface area contributed by atoms with Crippen molar-refractivity contribution in [2.24, 2.45) is 0 Å². The number of thiophene rings is 1. The lowest BCUT2D eigenvalue weighted by Crippen LogP contribution is -2.43. The molecule has 196 valence electrons. The molecule has 0 saturated heterocycles. The van der Waals surface area contributed by atoms with E-state index in [2.05, 4.69) is 25.8 Å². The smallest absolute Gasteiger partial charge is 0.277 e. The van der Waals surface area contributed by atoms with Gasteiger partial charge in [-0.2, -0.15) is 4.68 Å². The van der Waals surface area contributed by atoms with Crippen molar-refractivity contribution in [2.45, 2.75) is 12.6 Å². The SMILES string of the molecule is COc1cc(N(C(=O)c2ccccn2)C(C(=O)NCc2ccc(F)cc2)c2cccs2)ccc1-n1cnnn1. The molecule has 0 saturated carbocycles. The lowest BCUT2D eigenvalue weighted by atomic mass is 10.1. The van der Waals surface area contributed by atoms with Crippen LogP contribution in [0.4, 0.5) is 10.1 Å². The number of carbonyl (C=O) groups excluding carboxylic acids is 2. The van der Waals surface area contributed by atoms with Crippen LogP contribution in [0.2, 0.25) is 0 Å². The Morgan fingerprint density at radius 1 is 1.10 bits per heavy atom. The van der Waals surface area contributed by atoms with Crippen LogP contribution in [0.3, 0.4) is 0 Å². The van der Waals surface area contributed by atoms with Crippen molar-refractivity contribution < 1.29 is 18.7 Å². The van der Waals surface area contributed by atoms with Gasteiger partial charge in [0.25, 0.3) is 5.91 Å². The summed E-state index contributed by atoms with van der Waals surface area (Å²) < 4.78 is 20.4. The van der Waals surface area contributed by atoms with Gasteiger partial charge in [0.2, 0.25) is 5.91 Å². The first kappa shape index (κ1) is 25.7. The number of pyridine rings is 1. The van der Waals surface area contributed by atoms with Crippen molar-refractivity contribution >= 4 is 28.8 Å². The van der Waals surface area contributed by atoms with Crippen molar-refractivity contribution in [1.82, 2.24) is 30.5 Å². The predicted octanol–water partition coefficient (Wildman–Crippen LogP) is 3.97. The maximum atomic E-state index is 14.0. The summed E-state index contributed by atoms with van der Waals surface area (Å²) in [5.41, 5.74) is 1.82. The second-order valence-corrected chi connectivity index (χ2v) is 9.24. The Balaban J connectivity index is 1.57. The number of anilines is 1. The van der Waals surface area contributed by atoms with E-state index in [1.54, 1.807) is 54.6 Å². The van der Waals surface area contributed by atoms with E-state index in [0.717, 1.165) is 0 Å². The first-order valence-electron chi connectivity index (χ1n) is 11.8. The number of ether oxygens (including phenoxy) is 1. The maximum absolute atomic E-state index is 14.0. The molecule has 3 heterocycles. The molecule has 1 unspecified atom stereocenters. The minimum absolute atomic E-state index is 0.147. The molecule has 2 amide bonds. The third-order valence-corrected chi connectivity index (χ3v) is 6.76. The number of nitrogens with one attached hydrogen (secondary N) is 1. The summed E-state index contributed by atoms with van der Waals surface area (Å²) >= 11 is 1.34. The van der Waals surface area contributed by atoms with Gasteiger partial charge in [-0.1, -0.05) is 24.3 Å². The highest BCUT2D eigenvalue weighted by atomic mass is 32.1. The minimum atomic E-state index is -1.04. The Morgan fingerprint density at radius 3 is 2.62 bits per heavy atom. The van der Waals surface area contributed by atoms with E-state index in [4.69, 9.17) is 4.74 Å². The number of tetrazole rings is 1. The van der Waals surface area contributed by atoms with Crippen LogP contribution in [-0.4, -0.2) is 44.1 Å². The molecule has 5 aromatic rings. The van der Waals surface area contributed by atoms with Crippen molar-refractivity contribution in [3.05, 3.63) is 113 Å². The number of aromatic nitrogens is 5. The first-order valence-corrected chi connectivity index (χ1v) is 12.6. The van der Waals surface area contributed by atoms with Crippen LogP contribution in [0.1, 0.15) is 27.0 Å². The van der Waals surface area contributed by atoms with Crippen molar-refractivity contribution in [2.75, 3.05) is 12.0 Å². The van der Waals surface area contributed by atoms with Crippen LogP contribution in [0.15, 0.2) is 90.7 Å². The monoisotopic (exact) mass is 543 g/mol. The molecule has 0 bridgehead atoms. The third-order valence-electron chi connectivity index (χ3n) is 5.84. The van der Waals surface area contributed by atoms with E-state index in [1.807, 2.05) is 11.4 Å². The zero-order chi connectivity index (χ0) is 27.2. The average molecular weight is 544 g/mol. The summed E-state index contributed by atoms with van der Waals surface area (Å²) in [5, 5.41) is 16.0. The Morgan fingerprint density at radius 2 is 1.95 bits per heavy atom. The lowest BCUT2D eigenvalue weighted by Gasteiger charge is -2.31. The molecule has 2 aromatic carbocycles. The van der Waals surface area contributed by atoms with E-state index in [0.29, 0.717) is 27.6 Å². The maximum Gasteiger partial charge on any atom is 0.277 e. The Kier molecular flexibility index (Phi) is 7.64. The third kappa shape index (κ3) is 5.65. The van der Waals surface area contributed by atoms with Crippen molar-refractivity contribution in [3.63, 3.8) is 0 Å². The topological polar surface area (TPSA) is 115 Å². The Labute approximate surface area is 226 Å². The van der Waals surface area contributed by atoms with E-state index in [1.165, 1.54) is 52.7 Å². The fourth-order valence-corrected chi connectivity index (χ4v) is 4.79. The summed E-state index contributed by atoms with van der Waals surface area (Å²) in [6.45, 7) is 0.147. The fraction of sp³-hybridized carbons (Fsp3) is 0.111. The standard InChI is InChI=1S/C27H22FN7O3S/c1-38-23-15-20(11-12-22(23)34-17-31-32-33-34)35(27(37)21-5-2-3-13-29-21)25(24-6-4-14-39-24)26(36)30-16-18-7-9-19(28)10-8-18/h2-15,17,25H,16H2,1H3,(H,30,36). The van der Waals surface area contributed by atoms with Crippen LogP contribution in [-0.2, 0) is 11.3 Å². The van der Waals surface area contributed by atoms with Gasteiger partial charge in [-0.05, 0) is 63.8 Å². The molecule has 0 fully saturated rings. The van der Waals surface area contributed by atoms with Gasteiger partial charge < -0.3 is 10.1 Å². The van der Waals surface area contributed by atoms with Crippen LogP contribution in [0.5, 0.6) is 5.75 Å². The number of hydrogen-bond acceptors (Lipinski definition) is 8. The van der Waals surface area contributed by atoms with Gasteiger partial charge in [-0.25, -0.2) is 4.39 Å². The van der Waals surface area contributed by atoms with E-state index < -0.39 is 17.9 Å². The van der Waals surface area contributed by atoms with Gasteiger partial charge in [-0.15, -0.1) is 16.4 Å². The lowest BCUT2D eigenvalue weighted by molar-refractivity contribution is -0.122. The van der Waals surface area contributed by atoms with E-state index in [-0.39, 0.29) is 18.1 Å². The van der Waals surface area contributed by atoms with Gasteiger partial charge in [0.05, 0.1) is 7.11 Å². The molecule has 0 radical (unpaired) electrons. The molecule has 1 N–H and O–H groups in total. The molecule has 12 heteroatoms. The Bertz CT molecular complexity index is 1550. The van der Waals surface area contributed by atoms with Gasteiger partial charge in [0.15, 0.2) is 6.04 Å². The second-order valence-electron chi connectivity index (χ2n) is 8.26. The summed E-state index contributed by atoms with van der Waals surface area (Å²) in [5.74, 6) is -0.888. The molecule has 5 rings (SSSR count). The molecule has 1 atom stereocenters. The number of benzene rings is 2. The molecular weight excluding hydrogens is 521 g/mol. The van der Waals surface area contributed by atoms with Crippen LogP contribution < -0.4 is 15.0 Å². The zero-order valence-corrected chi connectivity index (χ0v) is 21.5. The van der Waals surface area contributed by atoms with E-state index in [9.17, 15) is 14.0 Å². The molecule has 39 heavy (non-hydrogen) atoms. The number of methoxy groups -OCH3 is 1. The molecule has 0 aliphatic heterocycles. The number of hydrogen-bond donors (Lipinski definition) is 1. The highest BCUT2D eigenvalue weighted by Gasteiger charge is 2.35. The van der Waals surface area contributed by atoms with Crippen LogP contribution >= 0.6 is 11.3 Å². The number of amides is 2. The minimum Gasteiger partial charge on any atom is -0.494 e. The number of rotatable bonds is 9. The zero-order valence-electron chi connectivity index (χ0n) is 20.6. The van der Waals surface area contributed by atoms with Gasteiger partial charge in [0.1, 0.15) is 29.3 Å². The van der Waals surface area contributed by atoms with Gasteiger partial charge in [-0.3, -0.25) is 19.5 Å². The van der Waals surface area contributed by atoms with Crippen molar-refractivity contribution in [3.8, 4) is 11.4 Å². The highest BCUT2D eigenvalue weighted by molar-refractivity contribution is 7.10. The quantitative estimate of drug-likeness (QED) is 0.299. The molecule has 0 spiro atoms. The second kappa shape index (κ2) is 11.6. The summed E-state index contributed by atoms with van der Waals surface area (Å²) in [6, 6.07) is 18.4. The molecule has 3 aromatic heterocycles. The van der Waals surface area contributed by atoms with Crippen molar-refractivity contribution in [1.29, 1.82) is 0 Å². The fourth-order valence-electron chi connectivity index (χ4n) is 3.98.